The summed E-state index contributed by atoms with van der Waals surface area (Å²) in [6.07, 6.45) is 1.07. The number of para-hydroxylation sites is 1. The molecule has 1 unspecified atom stereocenters. The normalized spacial score (nSPS) is 16.2. The van der Waals surface area contributed by atoms with Gasteiger partial charge in [0.2, 0.25) is 5.91 Å². The molecule has 2 N–H and O–H groups in total. The average molecular weight is 428 g/mol. The van der Waals surface area contributed by atoms with Gasteiger partial charge in [-0.25, -0.2) is 0 Å². The van der Waals surface area contributed by atoms with Crippen molar-refractivity contribution < 1.29 is 4.79 Å². The molecule has 29 heavy (non-hydrogen) atoms. The monoisotopic (exact) mass is 427 g/mol. The largest absolute Gasteiger partial charge is 0.371 e. The van der Waals surface area contributed by atoms with Gasteiger partial charge in [0.25, 0.3) is 0 Å². The molecule has 0 spiro atoms. The Hall–Kier alpha value is -2.64. The third-order valence-electron chi connectivity index (χ3n) is 5.16. The molecule has 1 aromatic heterocycles. The highest BCUT2D eigenvalue weighted by Crippen LogP contribution is 2.23. The molecule has 2 aromatic carbocycles. The zero-order chi connectivity index (χ0) is 20.2. The number of nitrogens with one attached hydrogen (secondary N) is 2. The molecule has 2 heterocycles. The predicted octanol–water partition coefficient (Wildman–Crippen LogP) is 3.90. The minimum absolute atomic E-state index is 0.0733. The van der Waals surface area contributed by atoms with Gasteiger partial charge >= 0.3 is 0 Å². The Morgan fingerprint density at radius 1 is 1.21 bits per heavy atom. The number of hydrogen-bond acceptors (Lipinski definition) is 4. The van der Waals surface area contributed by atoms with Crippen LogP contribution in [0, 0.1) is 10.7 Å². The first-order valence-corrected chi connectivity index (χ1v) is 10.4. The molecular formula is C21H22ClN5OS. The van der Waals surface area contributed by atoms with E-state index in [0.717, 1.165) is 25.1 Å². The fraction of sp³-hybridized carbons (Fsp3) is 0.286. The van der Waals surface area contributed by atoms with Crippen molar-refractivity contribution in [2.24, 2.45) is 5.92 Å². The van der Waals surface area contributed by atoms with Crippen LogP contribution in [0.2, 0.25) is 5.02 Å². The summed E-state index contributed by atoms with van der Waals surface area (Å²) in [6, 6.07) is 17.7. The molecule has 6 nitrogen and oxygen atoms in total. The van der Waals surface area contributed by atoms with Crippen molar-refractivity contribution in [3.63, 3.8) is 0 Å². The molecule has 0 saturated carbocycles. The van der Waals surface area contributed by atoms with Gasteiger partial charge in [-0.15, -0.1) is 0 Å². The van der Waals surface area contributed by atoms with E-state index in [2.05, 4.69) is 44.7 Å². The van der Waals surface area contributed by atoms with Crippen molar-refractivity contribution in [1.82, 2.24) is 20.1 Å². The highest BCUT2D eigenvalue weighted by atomic mass is 35.5. The number of carbonyl (C=O) groups excluding carboxylic acids is 1. The molecule has 0 bridgehead atoms. The SMILES string of the molecule is O=C(Cn1c(-c2ccc(Cl)cc2)n[nH]c1=S)NCC1CCN(c2ccccc2)C1. The van der Waals surface area contributed by atoms with Crippen molar-refractivity contribution in [3.8, 4) is 11.4 Å². The van der Waals surface area contributed by atoms with Crippen LogP contribution >= 0.6 is 23.8 Å². The lowest BCUT2D eigenvalue weighted by atomic mass is 10.1. The van der Waals surface area contributed by atoms with E-state index in [9.17, 15) is 4.79 Å². The van der Waals surface area contributed by atoms with E-state index in [4.69, 9.17) is 23.8 Å². The number of carbonyl (C=O) groups is 1. The van der Waals surface area contributed by atoms with Gasteiger partial charge in [-0.05, 0) is 61.0 Å². The molecule has 0 aliphatic carbocycles. The molecule has 150 valence electrons. The van der Waals surface area contributed by atoms with Gasteiger partial charge in [0.15, 0.2) is 10.6 Å². The first kappa shape index (κ1) is 19.7. The van der Waals surface area contributed by atoms with E-state index in [1.165, 1.54) is 5.69 Å². The number of aromatic amines is 1. The number of hydrogen-bond donors (Lipinski definition) is 2. The fourth-order valence-corrected chi connectivity index (χ4v) is 3.94. The minimum atomic E-state index is -0.0733. The summed E-state index contributed by atoms with van der Waals surface area (Å²) < 4.78 is 2.12. The highest BCUT2D eigenvalue weighted by Gasteiger charge is 2.23. The molecule has 1 atom stereocenters. The molecule has 1 aliphatic rings. The molecule has 0 radical (unpaired) electrons. The lowest BCUT2D eigenvalue weighted by Gasteiger charge is -2.18. The summed E-state index contributed by atoms with van der Waals surface area (Å²) in [7, 11) is 0. The lowest BCUT2D eigenvalue weighted by Crippen LogP contribution is -2.33. The molecule has 1 fully saturated rings. The minimum Gasteiger partial charge on any atom is -0.371 e. The van der Waals surface area contributed by atoms with E-state index >= 15 is 0 Å². The molecule has 1 saturated heterocycles. The van der Waals surface area contributed by atoms with Crippen LogP contribution in [0.15, 0.2) is 54.6 Å². The zero-order valence-corrected chi connectivity index (χ0v) is 17.4. The van der Waals surface area contributed by atoms with Crippen LogP contribution in [-0.4, -0.2) is 40.3 Å². The number of rotatable bonds is 6. The second-order valence-corrected chi connectivity index (χ2v) is 8.01. The summed E-state index contributed by atoms with van der Waals surface area (Å²) in [5.74, 6) is 0.987. The van der Waals surface area contributed by atoms with Crippen molar-refractivity contribution in [2.45, 2.75) is 13.0 Å². The van der Waals surface area contributed by atoms with Crippen LogP contribution in [0.1, 0.15) is 6.42 Å². The number of H-pyrrole nitrogens is 1. The third-order valence-corrected chi connectivity index (χ3v) is 5.72. The number of nitrogens with zero attached hydrogens (tertiary/aromatic N) is 3. The van der Waals surface area contributed by atoms with Gasteiger partial charge in [-0.3, -0.25) is 14.5 Å². The van der Waals surface area contributed by atoms with Gasteiger partial charge in [0.1, 0.15) is 6.54 Å². The Morgan fingerprint density at radius 3 is 2.72 bits per heavy atom. The summed E-state index contributed by atoms with van der Waals surface area (Å²) in [4.78, 5) is 14.9. The zero-order valence-electron chi connectivity index (χ0n) is 15.8. The number of anilines is 1. The maximum Gasteiger partial charge on any atom is 0.240 e. The van der Waals surface area contributed by atoms with Crippen LogP contribution in [0.5, 0.6) is 0 Å². The number of amides is 1. The Morgan fingerprint density at radius 2 is 1.97 bits per heavy atom. The molecule has 8 heteroatoms. The maximum absolute atomic E-state index is 12.6. The summed E-state index contributed by atoms with van der Waals surface area (Å²) in [5.41, 5.74) is 2.09. The van der Waals surface area contributed by atoms with Crippen molar-refractivity contribution in [1.29, 1.82) is 0 Å². The average Bonchev–Trinajstić information content (AvgIpc) is 3.35. The second kappa shape index (κ2) is 8.80. The van der Waals surface area contributed by atoms with E-state index < -0.39 is 0 Å². The van der Waals surface area contributed by atoms with E-state index in [1.807, 2.05) is 18.2 Å². The summed E-state index contributed by atoms with van der Waals surface area (Å²) in [5, 5.41) is 10.7. The Kier molecular flexibility index (Phi) is 5.97. The van der Waals surface area contributed by atoms with Crippen LogP contribution in [-0.2, 0) is 11.3 Å². The van der Waals surface area contributed by atoms with Crippen molar-refractivity contribution >= 4 is 35.4 Å². The summed E-state index contributed by atoms with van der Waals surface area (Å²) in [6.45, 7) is 2.75. The van der Waals surface area contributed by atoms with Crippen LogP contribution in [0.25, 0.3) is 11.4 Å². The number of halogens is 1. The fourth-order valence-electron chi connectivity index (χ4n) is 3.61. The van der Waals surface area contributed by atoms with Gasteiger partial charge in [0, 0.05) is 35.9 Å². The van der Waals surface area contributed by atoms with Crippen molar-refractivity contribution in [2.75, 3.05) is 24.5 Å². The van der Waals surface area contributed by atoms with Crippen molar-refractivity contribution in [3.05, 3.63) is 64.4 Å². The smallest absolute Gasteiger partial charge is 0.240 e. The van der Waals surface area contributed by atoms with Crippen LogP contribution in [0.4, 0.5) is 5.69 Å². The quantitative estimate of drug-likeness (QED) is 0.585. The van der Waals surface area contributed by atoms with Gasteiger partial charge in [0.05, 0.1) is 0 Å². The predicted molar refractivity (Wildman–Crippen MR) is 118 cm³/mol. The van der Waals surface area contributed by atoms with Crippen LogP contribution < -0.4 is 10.2 Å². The van der Waals surface area contributed by atoms with Gasteiger partial charge < -0.3 is 10.2 Å². The molecule has 3 aromatic rings. The number of aromatic nitrogens is 3. The first-order chi connectivity index (χ1) is 14.1. The topological polar surface area (TPSA) is 66.0 Å². The molecule has 1 aliphatic heterocycles. The third kappa shape index (κ3) is 4.68. The maximum atomic E-state index is 12.6. The summed E-state index contributed by atoms with van der Waals surface area (Å²) >= 11 is 11.3. The lowest BCUT2D eigenvalue weighted by molar-refractivity contribution is -0.121. The Bertz CT molecular complexity index is 1030. The van der Waals surface area contributed by atoms with E-state index in [-0.39, 0.29) is 12.5 Å². The van der Waals surface area contributed by atoms with Gasteiger partial charge in [-0.2, -0.15) is 5.10 Å². The molecule has 1 amide bonds. The standard InChI is InChI=1S/C21H22ClN5OS/c22-17-8-6-16(7-9-17)20-24-25-21(29)27(20)14-19(28)23-12-15-10-11-26(13-15)18-4-2-1-3-5-18/h1-9,15H,10-14H2,(H,23,28)(H,25,29). The van der Waals surface area contributed by atoms with Gasteiger partial charge in [-0.1, -0.05) is 29.8 Å². The Labute approximate surface area is 179 Å². The Balaban J connectivity index is 1.35. The van der Waals surface area contributed by atoms with Crippen LogP contribution in [0.3, 0.4) is 0 Å². The second-order valence-electron chi connectivity index (χ2n) is 7.19. The first-order valence-electron chi connectivity index (χ1n) is 9.58. The highest BCUT2D eigenvalue weighted by molar-refractivity contribution is 7.71. The van der Waals surface area contributed by atoms with E-state index in [0.29, 0.717) is 28.1 Å². The van der Waals surface area contributed by atoms with E-state index in [1.54, 1.807) is 16.7 Å². The number of benzene rings is 2. The molecular weight excluding hydrogens is 406 g/mol. The molecule has 4 rings (SSSR count).